The lowest BCUT2D eigenvalue weighted by atomic mass is 10.2. The number of halogens is 1. The number of aromatic nitrogens is 2. The zero-order valence-corrected chi connectivity index (χ0v) is 11.2. The fourth-order valence-corrected chi connectivity index (χ4v) is 1.92. The van der Waals surface area contributed by atoms with Gasteiger partial charge in [0.15, 0.2) is 0 Å². The van der Waals surface area contributed by atoms with E-state index in [1.54, 1.807) is 24.0 Å². The summed E-state index contributed by atoms with van der Waals surface area (Å²) in [6.07, 6.45) is 1.55. The second-order valence-corrected chi connectivity index (χ2v) is 4.61. The average Bonchev–Trinajstić information content (AvgIpc) is 2.64. The van der Waals surface area contributed by atoms with Gasteiger partial charge in [0, 0.05) is 12.7 Å². The highest BCUT2D eigenvalue weighted by atomic mass is 35.5. The molecule has 0 radical (unpaired) electrons. The first-order valence-electron chi connectivity index (χ1n) is 5.55. The Morgan fingerprint density at radius 2 is 2.11 bits per heavy atom. The fourth-order valence-electron chi connectivity index (χ4n) is 1.63. The number of rotatable bonds is 2. The Bertz CT molecular complexity index is 604. The first-order chi connectivity index (χ1) is 8.49. The Hall–Kier alpha value is -1.81. The molecule has 2 rings (SSSR count). The molecule has 1 amide bonds. The molecule has 0 saturated carbocycles. The SMILES string of the molecule is Cc1ccc(NC(=O)c2cnn(C)c2C)c(Cl)c1. The molecular weight excluding hydrogens is 250 g/mol. The number of benzene rings is 1. The number of hydrogen-bond acceptors (Lipinski definition) is 2. The maximum Gasteiger partial charge on any atom is 0.259 e. The molecule has 0 aliphatic rings. The van der Waals surface area contributed by atoms with Crippen molar-refractivity contribution in [2.45, 2.75) is 13.8 Å². The van der Waals surface area contributed by atoms with Crippen LogP contribution >= 0.6 is 11.6 Å². The standard InChI is InChI=1S/C13H14ClN3O/c1-8-4-5-12(11(14)6-8)16-13(18)10-7-15-17(3)9(10)2/h4-7H,1-3H3,(H,16,18). The Balaban J connectivity index is 2.24. The van der Waals surface area contributed by atoms with Crippen LogP contribution in [0.5, 0.6) is 0 Å². The minimum absolute atomic E-state index is 0.202. The number of anilines is 1. The van der Waals surface area contributed by atoms with Gasteiger partial charge in [0.25, 0.3) is 5.91 Å². The largest absolute Gasteiger partial charge is 0.321 e. The van der Waals surface area contributed by atoms with E-state index in [2.05, 4.69) is 10.4 Å². The van der Waals surface area contributed by atoms with Crippen molar-refractivity contribution < 1.29 is 4.79 Å². The number of amides is 1. The Labute approximate surface area is 111 Å². The van der Waals surface area contributed by atoms with E-state index in [0.717, 1.165) is 11.3 Å². The molecule has 0 aliphatic heterocycles. The Morgan fingerprint density at radius 3 is 2.67 bits per heavy atom. The molecule has 0 spiro atoms. The molecule has 1 aromatic carbocycles. The smallest absolute Gasteiger partial charge is 0.259 e. The first-order valence-corrected chi connectivity index (χ1v) is 5.93. The number of carbonyl (C=O) groups excluding carboxylic acids is 1. The van der Waals surface area contributed by atoms with Crippen LogP contribution < -0.4 is 5.32 Å². The minimum atomic E-state index is -0.202. The fraction of sp³-hybridized carbons (Fsp3) is 0.231. The summed E-state index contributed by atoms with van der Waals surface area (Å²) in [6.45, 7) is 3.79. The van der Waals surface area contributed by atoms with Gasteiger partial charge in [0.1, 0.15) is 0 Å². The molecule has 5 heteroatoms. The van der Waals surface area contributed by atoms with Crippen LogP contribution in [0.4, 0.5) is 5.69 Å². The minimum Gasteiger partial charge on any atom is -0.321 e. The normalized spacial score (nSPS) is 10.4. The van der Waals surface area contributed by atoms with E-state index >= 15 is 0 Å². The molecule has 1 N–H and O–H groups in total. The number of hydrogen-bond donors (Lipinski definition) is 1. The number of aryl methyl sites for hydroxylation is 2. The summed E-state index contributed by atoms with van der Waals surface area (Å²) >= 11 is 6.07. The van der Waals surface area contributed by atoms with E-state index in [4.69, 9.17) is 11.6 Å². The molecule has 94 valence electrons. The zero-order chi connectivity index (χ0) is 13.3. The van der Waals surface area contributed by atoms with Gasteiger partial charge < -0.3 is 5.32 Å². The summed E-state index contributed by atoms with van der Waals surface area (Å²) in [5, 5.41) is 7.35. The second-order valence-electron chi connectivity index (χ2n) is 4.20. The molecule has 0 fully saturated rings. The van der Waals surface area contributed by atoms with E-state index in [9.17, 15) is 4.79 Å². The maximum atomic E-state index is 12.1. The van der Waals surface area contributed by atoms with Crippen LogP contribution in [0.1, 0.15) is 21.6 Å². The quantitative estimate of drug-likeness (QED) is 0.906. The average molecular weight is 264 g/mol. The molecule has 0 atom stereocenters. The van der Waals surface area contributed by atoms with E-state index in [1.807, 2.05) is 26.0 Å². The third-order valence-electron chi connectivity index (χ3n) is 2.85. The van der Waals surface area contributed by atoms with E-state index in [-0.39, 0.29) is 5.91 Å². The van der Waals surface area contributed by atoms with Crippen molar-refractivity contribution in [2.24, 2.45) is 7.05 Å². The maximum absolute atomic E-state index is 12.1. The van der Waals surface area contributed by atoms with Gasteiger partial charge in [0.05, 0.1) is 22.5 Å². The van der Waals surface area contributed by atoms with Crippen LogP contribution in [0.2, 0.25) is 5.02 Å². The third-order valence-corrected chi connectivity index (χ3v) is 3.17. The Morgan fingerprint density at radius 1 is 1.39 bits per heavy atom. The summed E-state index contributed by atoms with van der Waals surface area (Å²) in [6, 6.07) is 5.51. The van der Waals surface area contributed by atoms with Crippen molar-refractivity contribution in [1.82, 2.24) is 9.78 Å². The highest BCUT2D eigenvalue weighted by Crippen LogP contribution is 2.23. The van der Waals surface area contributed by atoms with E-state index in [0.29, 0.717) is 16.3 Å². The van der Waals surface area contributed by atoms with Gasteiger partial charge in [-0.05, 0) is 31.5 Å². The van der Waals surface area contributed by atoms with Crippen molar-refractivity contribution >= 4 is 23.2 Å². The van der Waals surface area contributed by atoms with Crippen LogP contribution in [0.15, 0.2) is 24.4 Å². The Kier molecular flexibility index (Phi) is 3.39. The first kappa shape index (κ1) is 12.6. The predicted molar refractivity (Wildman–Crippen MR) is 72.1 cm³/mol. The van der Waals surface area contributed by atoms with Gasteiger partial charge >= 0.3 is 0 Å². The van der Waals surface area contributed by atoms with Gasteiger partial charge in [-0.1, -0.05) is 17.7 Å². The second kappa shape index (κ2) is 4.82. The van der Waals surface area contributed by atoms with E-state index in [1.165, 1.54) is 0 Å². The molecule has 0 bridgehead atoms. The van der Waals surface area contributed by atoms with Gasteiger partial charge in [0.2, 0.25) is 0 Å². The summed E-state index contributed by atoms with van der Waals surface area (Å²) in [7, 11) is 1.80. The third kappa shape index (κ3) is 2.38. The van der Waals surface area contributed by atoms with Gasteiger partial charge in [-0.15, -0.1) is 0 Å². The molecule has 2 aromatic rings. The molecule has 0 unspecified atom stereocenters. The summed E-state index contributed by atoms with van der Waals surface area (Å²) < 4.78 is 1.66. The molecule has 0 aliphatic carbocycles. The van der Waals surface area contributed by atoms with Gasteiger partial charge in [-0.3, -0.25) is 9.48 Å². The number of carbonyl (C=O) groups is 1. The van der Waals surface area contributed by atoms with Crippen molar-refractivity contribution in [2.75, 3.05) is 5.32 Å². The van der Waals surface area contributed by atoms with Crippen LogP contribution in [-0.4, -0.2) is 15.7 Å². The number of nitrogens with one attached hydrogen (secondary N) is 1. The van der Waals surface area contributed by atoms with Crippen molar-refractivity contribution in [1.29, 1.82) is 0 Å². The van der Waals surface area contributed by atoms with Crippen LogP contribution in [0.3, 0.4) is 0 Å². The highest BCUT2D eigenvalue weighted by Gasteiger charge is 2.14. The van der Waals surface area contributed by atoms with Gasteiger partial charge in [-0.25, -0.2) is 0 Å². The monoisotopic (exact) mass is 263 g/mol. The summed E-state index contributed by atoms with van der Waals surface area (Å²) in [5.74, 6) is -0.202. The molecular formula is C13H14ClN3O. The van der Waals surface area contributed by atoms with Crippen molar-refractivity contribution in [3.63, 3.8) is 0 Å². The lowest BCUT2D eigenvalue weighted by molar-refractivity contribution is 0.102. The van der Waals surface area contributed by atoms with Crippen molar-refractivity contribution in [3.05, 3.63) is 46.2 Å². The van der Waals surface area contributed by atoms with Crippen LogP contribution in [0.25, 0.3) is 0 Å². The number of nitrogens with zero attached hydrogens (tertiary/aromatic N) is 2. The zero-order valence-electron chi connectivity index (χ0n) is 10.5. The van der Waals surface area contributed by atoms with Crippen LogP contribution in [0, 0.1) is 13.8 Å². The lowest BCUT2D eigenvalue weighted by Crippen LogP contribution is -2.13. The van der Waals surface area contributed by atoms with E-state index < -0.39 is 0 Å². The lowest BCUT2D eigenvalue weighted by Gasteiger charge is -2.07. The molecule has 18 heavy (non-hydrogen) atoms. The predicted octanol–water partition coefficient (Wildman–Crippen LogP) is 2.94. The molecule has 1 aromatic heterocycles. The highest BCUT2D eigenvalue weighted by molar-refractivity contribution is 6.34. The van der Waals surface area contributed by atoms with Gasteiger partial charge in [-0.2, -0.15) is 5.10 Å². The summed E-state index contributed by atoms with van der Waals surface area (Å²) in [4.78, 5) is 12.1. The molecule has 0 saturated heterocycles. The van der Waals surface area contributed by atoms with Crippen LogP contribution in [-0.2, 0) is 7.05 Å². The molecule has 4 nitrogen and oxygen atoms in total. The topological polar surface area (TPSA) is 46.9 Å². The summed E-state index contributed by atoms with van der Waals surface area (Å²) in [5.41, 5.74) is 3.02. The molecule has 1 heterocycles. The van der Waals surface area contributed by atoms with Crippen molar-refractivity contribution in [3.8, 4) is 0 Å².